The summed E-state index contributed by atoms with van der Waals surface area (Å²) in [7, 11) is 1.32. The lowest BCUT2D eigenvalue weighted by Crippen LogP contribution is -2.24. The summed E-state index contributed by atoms with van der Waals surface area (Å²) >= 11 is 11.8. The summed E-state index contributed by atoms with van der Waals surface area (Å²) in [6.45, 7) is 0.218. The normalized spacial score (nSPS) is 10.2. The van der Waals surface area contributed by atoms with Crippen molar-refractivity contribution in [1.29, 1.82) is 0 Å². The first-order valence-corrected chi connectivity index (χ1v) is 7.32. The highest BCUT2D eigenvalue weighted by atomic mass is 35.5. The third-order valence-electron chi connectivity index (χ3n) is 3.13. The molecule has 2 N–H and O–H groups in total. The van der Waals surface area contributed by atoms with E-state index >= 15 is 0 Å². The highest BCUT2D eigenvalue weighted by molar-refractivity contribution is 6.42. The molecule has 2 aromatic carbocycles. The Bertz CT molecular complexity index is 762. The number of carboxylic acid groups (broad SMARTS) is 1. The average molecular weight is 354 g/mol. The number of hydrogen-bond donors (Lipinski definition) is 2. The molecule has 5 nitrogen and oxygen atoms in total. The van der Waals surface area contributed by atoms with Crippen LogP contribution in [0, 0.1) is 0 Å². The average Bonchev–Trinajstić information content (AvgIpc) is 2.54. The van der Waals surface area contributed by atoms with E-state index in [1.54, 1.807) is 18.2 Å². The molecule has 0 fully saturated rings. The highest BCUT2D eigenvalue weighted by Crippen LogP contribution is 2.25. The molecule has 0 aliphatic carbocycles. The Labute approximate surface area is 142 Å². The Morgan fingerprint density at radius 1 is 1.13 bits per heavy atom. The van der Waals surface area contributed by atoms with Crippen LogP contribution in [0.15, 0.2) is 36.4 Å². The molecule has 0 radical (unpaired) electrons. The number of nitrogens with one attached hydrogen (secondary N) is 1. The Morgan fingerprint density at radius 2 is 1.83 bits per heavy atom. The number of methoxy groups -OCH3 is 1. The highest BCUT2D eigenvalue weighted by Gasteiger charge is 2.19. The van der Waals surface area contributed by atoms with E-state index in [1.807, 2.05) is 0 Å². The van der Waals surface area contributed by atoms with Gasteiger partial charge in [-0.3, -0.25) is 4.79 Å². The van der Waals surface area contributed by atoms with Crippen molar-refractivity contribution in [2.24, 2.45) is 0 Å². The second-order valence-corrected chi connectivity index (χ2v) is 5.44. The number of ether oxygens (including phenoxy) is 1. The second kappa shape index (κ2) is 7.35. The zero-order valence-corrected chi connectivity index (χ0v) is 13.6. The van der Waals surface area contributed by atoms with Crippen LogP contribution in [-0.2, 0) is 6.54 Å². The number of hydrogen-bond acceptors (Lipinski definition) is 3. The van der Waals surface area contributed by atoms with Crippen molar-refractivity contribution in [3.8, 4) is 5.75 Å². The van der Waals surface area contributed by atoms with E-state index in [-0.39, 0.29) is 23.4 Å². The monoisotopic (exact) mass is 353 g/mol. The Balaban J connectivity index is 2.19. The fourth-order valence-corrected chi connectivity index (χ4v) is 2.35. The van der Waals surface area contributed by atoms with Gasteiger partial charge in [-0.15, -0.1) is 0 Å². The van der Waals surface area contributed by atoms with Crippen LogP contribution >= 0.6 is 23.2 Å². The largest absolute Gasteiger partial charge is 0.495 e. The number of amides is 1. The molecule has 0 bridgehead atoms. The molecule has 7 heteroatoms. The lowest BCUT2D eigenvalue weighted by molar-refractivity contribution is 0.0693. The summed E-state index contributed by atoms with van der Waals surface area (Å²) in [5.41, 5.74) is 0.836. The van der Waals surface area contributed by atoms with Crippen molar-refractivity contribution in [2.75, 3.05) is 7.11 Å². The van der Waals surface area contributed by atoms with Gasteiger partial charge in [0.1, 0.15) is 11.3 Å². The quantitative estimate of drug-likeness (QED) is 0.860. The van der Waals surface area contributed by atoms with E-state index < -0.39 is 11.9 Å². The van der Waals surface area contributed by atoms with Gasteiger partial charge in [-0.2, -0.15) is 0 Å². The van der Waals surface area contributed by atoms with Crippen molar-refractivity contribution in [3.63, 3.8) is 0 Å². The first-order chi connectivity index (χ1) is 10.9. The maximum Gasteiger partial charge on any atom is 0.339 e. The molecule has 2 rings (SSSR count). The van der Waals surface area contributed by atoms with Gasteiger partial charge in [-0.05, 0) is 29.8 Å². The smallest absolute Gasteiger partial charge is 0.339 e. The molecule has 0 unspecified atom stereocenters. The third-order valence-corrected chi connectivity index (χ3v) is 3.87. The molecule has 0 saturated heterocycles. The maximum atomic E-state index is 12.3. The molecular formula is C16H13Cl2NO4. The van der Waals surface area contributed by atoms with E-state index in [4.69, 9.17) is 33.0 Å². The van der Waals surface area contributed by atoms with Crippen LogP contribution in [0.2, 0.25) is 10.0 Å². The number of rotatable bonds is 5. The topological polar surface area (TPSA) is 75.6 Å². The van der Waals surface area contributed by atoms with Crippen LogP contribution in [0.3, 0.4) is 0 Å². The molecule has 2 aromatic rings. The predicted octanol–water partition coefficient (Wildman–Crippen LogP) is 3.63. The van der Waals surface area contributed by atoms with Gasteiger partial charge in [0, 0.05) is 6.54 Å². The van der Waals surface area contributed by atoms with Gasteiger partial charge in [-0.1, -0.05) is 35.3 Å². The standard InChI is InChI=1S/C16H13Cl2NO4/c1-23-14-10(3-2-4-11(14)16(21)22)15(20)19-8-9-5-6-12(17)13(18)7-9/h2-7H,8H2,1H3,(H,19,20)(H,21,22). The van der Waals surface area contributed by atoms with Gasteiger partial charge in [0.25, 0.3) is 5.91 Å². The Hall–Kier alpha value is -2.24. The molecule has 0 saturated carbocycles. The molecule has 0 heterocycles. The SMILES string of the molecule is COc1c(C(=O)O)cccc1C(=O)NCc1ccc(Cl)c(Cl)c1. The van der Waals surface area contributed by atoms with Crippen LogP contribution in [0.5, 0.6) is 5.75 Å². The Morgan fingerprint density at radius 3 is 2.43 bits per heavy atom. The first-order valence-electron chi connectivity index (χ1n) is 6.56. The minimum absolute atomic E-state index is 0.0200. The molecule has 23 heavy (non-hydrogen) atoms. The summed E-state index contributed by atoms with van der Waals surface area (Å²) in [6.07, 6.45) is 0. The zero-order valence-electron chi connectivity index (χ0n) is 12.1. The van der Waals surface area contributed by atoms with Gasteiger partial charge < -0.3 is 15.2 Å². The number of para-hydroxylation sites is 1. The lowest BCUT2D eigenvalue weighted by atomic mass is 10.1. The Kier molecular flexibility index (Phi) is 5.47. The van der Waals surface area contributed by atoms with Crippen molar-refractivity contribution >= 4 is 35.1 Å². The number of carboxylic acids is 1. The molecule has 1 amide bonds. The van der Waals surface area contributed by atoms with E-state index in [9.17, 15) is 9.59 Å². The number of aromatic carboxylic acids is 1. The summed E-state index contributed by atoms with van der Waals surface area (Å²) in [5.74, 6) is -1.59. The van der Waals surface area contributed by atoms with Gasteiger partial charge in [0.15, 0.2) is 0 Å². The van der Waals surface area contributed by atoms with Crippen molar-refractivity contribution in [3.05, 3.63) is 63.1 Å². The number of carbonyl (C=O) groups is 2. The molecule has 0 spiro atoms. The van der Waals surface area contributed by atoms with E-state index in [0.717, 1.165) is 5.56 Å². The van der Waals surface area contributed by atoms with Crippen LogP contribution in [-0.4, -0.2) is 24.1 Å². The summed E-state index contributed by atoms with van der Waals surface area (Å²) in [4.78, 5) is 23.4. The number of benzene rings is 2. The minimum atomic E-state index is -1.17. The van der Waals surface area contributed by atoms with Crippen molar-refractivity contribution < 1.29 is 19.4 Å². The molecule has 0 atom stereocenters. The van der Waals surface area contributed by atoms with Crippen LogP contribution in [0.25, 0.3) is 0 Å². The van der Waals surface area contributed by atoms with Crippen molar-refractivity contribution in [1.82, 2.24) is 5.32 Å². The molecule has 0 aromatic heterocycles. The number of halogens is 2. The minimum Gasteiger partial charge on any atom is -0.495 e. The van der Waals surface area contributed by atoms with Gasteiger partial charge >= 0.3 is 5.97 Å². The van der Waals surface area contributed by atoms with Crippen LogP contribution in [0.1, 0.15) is 26.3 Å². The van der Waals surface area contributed by atoms with Crippen molar-refractivity contribution in [2.45, 2.75) is 6.54 Å². The number of carbonyl (C=O) groups excluding carboxylic acids is 1. The zero-order chi connectivity index (χ0) is 17.0. The summed E-state index contributed by atoms with van der Waals surface area (Å²) in [6, 6.07) is 9.37. The summed E-state index contributed by atoms with van der Waals surface area (Å²) < 4.78 is 5.07. The van der Waals surface area contributed by atoms with Gasteiger partial charge in [-0.25, -0.2) is 4.79 Å². The van der Waals surface area contributed by atoms with Crippen LogP contribution < -0.4 is 10.1 Å². The molecule has 120 valence electrons. The van der Waals surface area contributed by atoms with Gasteiger partial charge in [0.2, 0.25) is 0 Å². The first kappa shape index (κ1) is 17.1. The fourth-order valence-electron chi connectivity index (χ4n) is 2.03. The fraction of sp³-hybridized carbons (Fsp3) is 0.125. The maximum absolute atomic E-state index is 12.3. The molecule has 0 aliphatic rings. The van der Waals surface area contributed by atoms with E-state index in [2.05, 4.69) is 5.32 Å². The van der Waals surface area contributed by atoms with Gasteiger partial charge in [0.05, 0.1) is 22.7 Å². The predicted molar refractivity (Wildman–Crippen MR) is 87.6 cm³/mol. The lowest BCUT2D eigenvalue weighted by Gasteiger charge is -2.12. The molecule has 0 aliphatic heterocycles. The summed E-state index contributed by atoms with van der Waals surface area (Å²) in [5, 5.41) is 12.6. The van der Waals surface area contributed by atoms with Crippen LogP contribution in [0.4, 0.5) is 0 Å². The van der Waals surface area contributed by atoms with E-state index in [0.29, 0.717) is 10.0 Å². The second-order valence-electron chi connectivity index (χ2n) is 4.62. The molecular weight excluding hydrogens is 341 g/mol. The third kappa shape index (κ3) is 3.94. The van der Waals surface area contributed by atoms with E-state index in [1.165, 1.54) is 25.3 Å².